The minimum atomic E-state index is -2.81. The smallest absolute Gasteiger partial charge is 0.222 e. The van der Waals surface area contributed by atoms with Gasteiger partial charge in [-0.15, -0.1) is 0 Å². The Kier molecular flexibility index (Phi) is 4.27. The van der Waals surface area contributed by atoms with Crippen LogP contribution in [-0.2, 0) is 10.9 Å². The highest BCUT2D eigenvalue weighted by Gasteiger charge is 2.29. The summed E-state index contributed by atoms with van der Waals surface area (Å²) in [6.45, 7) is 3.75. The van der Waals surface area contributed by atoms with Crippen LogP contribution in [0.25, 0.3) is 5.57 Å². The SMILES string of the molecule is CC1(C)C=C(c2ccc(F)cc2)c2c(Cl)cc(N[SH](=O)=O)cc2O1. The Morgan fingerprint density at radius 3 is 2.46 bits per heavy atom. The van der Waals surface area contributed by atoms with Crippen LogP contribution in [0.1, 0.15) is 25.0 Å². The number of rotatable bonds is 3. The topological polar surface area (TPSA) is 55.4 Å². The number of nitrogens with one attached hydrogen (secondary N) is 1. The van der Waals surface area contributed by atoms with Gasteiger partial charge in [0.1, 0.15) is 17.2 Å². The lowest BCUT2D eigenvalue weighted by Crippen LogP contribution is -2.29. The van der Waals surface area contributed by atoms with Gasteiger partial charge in [0.25, 0.3) is 0 Å². The van der Waals surface area contributed by atoms with Crippen LogP contribution in [-0.4, -0.2) is 14.0 Å². The average molecular weight is 368 g/mol. The molecule has 0 amide bonds. The number of hydrogen-bond acceptors (Lipinski definition) is 3. The first-order valence-electron chi connectivity index (χ1n) is 7.18. The molecule has 0 bridgehead atoms. The highest BCUT2D eigenvalue weighted by Crippen LogP contribution is 2.44. The molecule has 0 radical (unpaired) electrons. The normalized spacial score (nSPS) is 15.5. The molecular weight excluding hydrogens is 353 g/mol. The molecule has 1 N–H and O–H groups in total. The van der Waals surface area contributed by atoms with Crippen molar-refractivity contribution in [2.75, 3.05) is 4.72 Å². The molecular formula is C17H15ClFNO3S. The molecule has 2 aromatic rings. The van der Waals surface area contributed by atoms with Crippen LogP contribution in [0.3, 0.4) is 0 Å². The summed E-state index contributed by atoms with van der Waals surface area (Å²) in [5, 5.41) is 0.345. The minimum absolute atomic E-state index is 0.323. The maximum absolute atomic E-state index is 13.2. The van der Waals surface area contributed by atoms with Gasteiger partial charge in [-0.2, -0.15) is 0 Å². The number of benzene rings is 2. The third-order valence-electron chi connectivity index (χ3n) is 3.56. The van der Waals surface area contributed by atoms with Crippen molar-refractivity contribution in [2.24, 2.45) is 0 Å². The highest BCUT2D eigenvalue weighted by molar-refractivity contribution is 7.73. The highest BCUT2D eigenvalue weighted by atomic mass is 35.5. The monoisotopic (exact) mass is 367 g/mol. The van der Waals surface area contributed by atoms with Crippen LogP contribution in [0.2, 0.25) is 5.02 Å². The van der Waals surface area contributed by atoms with E-state index in [9.17, 15) is 12.8 Å². The van der Waals surface area contributed by atoms with E-state index in [-0.39, 0.29) is 5.82 Å². The molecule has 1 aliphatic heterocycles. The van der Waals surface area contributed by atoms with Crippen LogP contribution in [0, 0.1) is 5.82 Å². The van der Waals surface area contributed by atoms with Crippen molar-refractivity contribution in [1.82, 2.24) is 0 Å². The maximum Gasteiger partial charge on any atom is 0.222 e. The van der Waals surface area contributed by atoms with E-state index in [1.807, 2.05) is 19.9 Å². The Morgan fingerprint density at radius 2 is 1.83 bits per heavy atom. The van der Waals surface area contributed by atoms with E-state index >= 15 is 0 Å². The quantitative estimate of drug-likeness (QED) is 0.805. The number of halogens is 2. The first-order valence-corrected chi connectivity index (χ1v) is 8.73. The van der Waals surface area contributed by atoms with E-state index in [1.165, 1.54) is 18.2 Å². The molecule has 1 aliphatic rings. The largest absolute Gasteiger partial charge is 0.483 e. The summed E-state index contributed by atoms with van der Waals surface area (Å²) in [6.07, 6.45) is 1.91. The molecule has 126 valence electrons. The predicted octanol–water partition coefficient (Wildman–Crippen LogP) is 4.02. The molecule has 0 atom stereocenters. The van der Waals surface area contributed by atoms with Gasteiger partial charge in [-0.1, -0.05) is 23.7 Å². The molecule has 4 nitrogen and oxygen atoms in total. The van der Waals surface area contributed by atoms with Gasteiger partial charge in [-0.05, 0) is 49.3 Å². The average Bonchev–Trinajstić information content (AvgIpc) is 2.44. The summed E-state index contributed by atoms with van der Waals surface area (Å²) in [6, 6.07) is 9.20. The van der Waals surface area contributed by atoms with Crippen LogP contribution in [0.5, 0.6) is 5.75 Å². The van der Waals surface area contributed by atoms with Crippen LogP contribution < -0.4 is 9.46 Å². The summed E-state index contributed by atoms with van der Waals surface area (Å²) in [5.74, 6) is 0.143. The minimum Gasteiger partial charge on any atom is -0.483 e. The van der Waals surface area contributed by atoms with Crippen LogP contribution >= 0.6 is 11.6 Å². The zero-order chi connectivity index (χ0) is 17.5. The van der Waals surface area contributed by atoms with Gasteiger partial charge in [-0.25, -0.2) is 12.8 Å². The molecule has 0 aliphatic carbocycles. The Morgan fingerprint density at radius 1 is 1.17 bits per heavy atom. The van der Waals surface area contributed by atoms with Gasteiger partial charge in [-0.3, -0.25) is 4.72 Å². The Balaban J connectivity index is 2.18. The predicted molar refractivity (Wildman–Crippen MR) is 93.6 cm³/mol. The number of thiol groups is 1. The summed E-state index contributed by atoms with van der Waals surface area (Å²) < 4.78 is 43.2. The fourth-order valence-corrected chi connectivity index (χ4v) is 3.34. The number of hydrogen-bond donors (Lipinski definition) is 2. The van der Waals surface area contributed by atoms with Crippen molar-refractivity contribution in [2.45, 2.75) is 19.4 Å². The van der Waals surface area contributed by atoms with Crippen molar-refractivity contribution in [1.29, 1.82) is 0 Å². The Hall–Kier alpha value is -2.05. The standard InChI is InChI=1S/C17H15ClFNO3S/c1-17(2)9-13(10-3-5-11(19)6-4-10)16-14(18)7-12(20-24(21)22)8-15(16)23-17/h3-9,24H,1-2H3,(H,20,21,22). The van der Waals surface area contributed by atoms with Gasteiger partial charge < -0.3 is 4.74 Å². The first kappa shape index (κ1) is 16.8. The molecule has 0 saturated heterocycles. The molecule has 0 aromatic heterocycles. The van der Waals surface area contributed by atoms with Crippen LogP contribution in [0.15, 0.2) is 42.5 Å². The maximum atomic E-state index is 13.2. The lowest BCUT2D eigenvalue weighted by Gasteiger charge is -2.32. The van der Waals surface area contributed by atoms with Crippen LogP contribution in [0.4, 0.5) is 10.1 Å². The van der Waals surface area contributed by atoms with Crippen molar-refractivity contribution in [3.05, 3.63) is 64.4 Å². The summed E-state index contributed by atoms with van der Waals surface area (Å²) in [5.41, 5.74) is 1.95. The molecule has 0 saturated carbocycles. The lowest BCUT2D eigenvalue weighted by atomic mass is 9.89. The van der Waals surface area contributed by atoms with Crippen molar-refractivity contribution >= 4 is 33.8 Å². The molecule has 0 fully saturated rings. The van der Waals surface area contributed by atoms with E-state index < -0.39 is 16.5 Å². The first-order chi connectivity index (χ1) is 11.2. The Bertz CT molecular complexity index is 897. The van der Waals surface area contributed by atoms with Gasteiger partial charge in [0.2, 0.25) is 10.9 Å². The molecule has 1 heterocycles. The third-order valence-corrected chi connectivity index (χ3v) is 4.30. The third kappa shape index (κ3) is 3.39. The summed E-state index contributed by atoms with van der Waals surface area (Å²) in [4.78, 5) is 0. The van der Waals surface area contributed by atoms with E-state index in [4.69, 9.17) is 16.3 Å². The van der Waals surface area contributed by atoms with Gasteiger partial charge in [0, 0.05) is 11.6 Å². The second kappa shape index (κ2) is 6.11. The molecule has 3 rings (SSSR count). The molecule has 2 aromatic carbocycles. The van der Waals surface area contributed by atoms with Crippen molar-refractivity contribution < 1.29 is 17.5 Å². The van der Waals surface area contributed by atoms with Gasteiger partial charge >= 0.3 is 0 Å². The summed E-state index contributed by atoms with van der Waals surface area (Å²) >= 11 is 6.37. The molecule has 7 heteroatoms. The Labute approximate surface area is 146 Å². The molecule has 0 unspecified atom stereocenters. The zero-order valence-corrected chi connectivity index (χ0v) is 14.6. The van der Waals surface area contributed by atoms with E-state index in [1.54, 1.807) is 18.2 Å². The lowest BCUT2D eigenvalue weighted by molar-refractivity contribution is 0.158. The van der Waals surface area contributed by atoms with Gasteiger partial charge in [0.15, 0.2) is 0 Å². The number of ether oxygens (including phenoxy) is 1. The van der Waals surface area contributed by atoms with Gasteiger partial charge in [0.05, 0.1) is 10.7 Å². The fraction of sp³-hybridized carbons (Fsp3) is 0.176. The van der Waals surface area contributed by atoms with Crippen molar-refractivity contribution in [3.8, 4) is 5.75 Å². The van der Waals surface area contributed by atoms with E-state index in [2.05, 4.69) is 4.72 Å². The number of anilines is 1. The van der Waals surface area contributed by atoms with E-state index in [0.29, 0.717) is 22.0 Å². The number of fused-ring (bicyclic) bond motifs is 1. The molecule has 24 heavy (non-hydrogen) atoms. The summed E-state index contributed by atoms with van der Waals surface area (Å²) in [7, 11) is -2.81. The van der Waals surface area contributed by atoms with Crippen molar-refractivity contribution in [3.63, 3.8) is 0 Å². The fourth-order valence-electron chi connectivity index (χ4n) is 2.68. The second-order valence-corrected chi connectivity index (χ2v) is 7.12. The van der Waals surface area contributed by atoms with E-state index in [0.717, 1.165) is 11.1 Å². The second-order valence-electron chi connectivity index (χ2n) is 5.97. The zero-order valence-electron chi connectivity index (χ0n) is 13.0. The molecule has 0 spiro atoms.